The van der Waals surface area contributed by atoms with Gasteiger partial charge in [-0.2, -0.15) is 0 Å². The lowest BCUT2D eigenvalue weighted by Crippen LogP contribution is -2.21. The van der Waals surface area contributed by atoms with Crippen molar-refractivity contribution in [3.05, 3.63) is 64.2 Å². The summed E-state index contributed by atoms with van der Waals surface area (Å²) in [5.74, 6) is 0. The largest absolute Gasteiger partial charge is 0.382 e. The Labute approximate surface area is 141 Å². The van der Waals surface area contributed by atoms with Gasteiger partial charge in [-0.15, -0.1) is 0 Å². The van der Waals surface area contributed by atoms with Crippen molar-refractivity contribution in [3.8, 4) is 0 Å². The molecule has 0 spiro atoms. The van der Waals surface area contributed by atoms with Crippen LogP contribution < -0.4 is 5.32 Å². The standard InChI is InChI=1S/C17H20N2O4S/c1-3-14(11-13-7-5-4-6-8-13)18-15-9-10-16(19(20)21)17(12-15)24(2,22)23/h4-10,12,14,18H,3,11H2,1-2H3. The topological polar surface area (TPSA) is 89.3 Å². The zero-order chi connectivity index (χ0) is 17.7. The third-order valence-corrected chi connectivity index (χ3v) is 4.87. The van der Waals surface area contributed by atoms with E-state index in [4.69, 9.17) is 0 Å². The molecule has 0 amide bonds. The third-order valence-electron chi connectivity index (χ3n) is 3.74. The summed E-state index contributed by atoms with van der Waals surface area (Å²) in [7, 11) is -3.68. The Morgan fingerprint density at radius 3 is 2.38 bits per heavy atom. The van der Waals surface area contributed by atoms with Crippen molar-refractivity contribution in [1.29, 1.82) is 0 Å². The number of anilines is 1. The molecule has 0 saturated carbocycles. The van der Waals surface area contributed by atoms with Gasteiger partial charge in [0, 0.05) is 24.1 Å². The molecular weight excluding hydrogens is 328 g/mol. The molecule has 0 fully saturated rings. The van der Waals surface area contributed by atoms with Crippen molar-refractivity contribution < 1.29 is 13.3 Å². The van der Waals surface area contributed by atoms with Gasteiger partial charge < -0.3 is 5.32 Å². The minimum absolute atomic E-state index is 0.0984. The van der Waals surface area contributed by atoms with Crippen molar-refractivity contribution in [1.82, 2.24) is 0 Å². The lowest BCUT2D eigenvalue weighted by Gasteiger charge is -2.19. The number of nitro benzene ring substituents is 1. The first-order valence-corrected chi connectivity index (χ1v) is 9.49. The second kappa shape index (κ2) is 7.44. The SMILES string of the molecule is CCC(Cc1ccccc1)Nc1ccc([N+](=O)[O-])c(S(C)(=O)=O)c1. The van der Waals surface area contributed by atoms with E-state index >= 15 is 0 Å². The quantitative estimate of drug-likeness (QED) is 0.611. The summed E-state index contributed by atoms with van der Waals surface area (Å²) >= 11 is 0. The first-order valence-electron chi connectivity index (χ1n) is 7.60. The molecule has 6 nitrogen and oxygen atoms in total. The molecule has 128 valence electrons. The summed E-state index contributed by atoms with van der Waals surface area (Å²) in [5, 5.41) is 14.3. The van der Waals surface area contributed by atoms with E-state index in [0.29, 0.717) is 5.69 Å². The van der Waals surface area contributed by atoms with Crippen molar-refractivity contribution >= 4 is 21.2 Å². The van der Waals surface area contributed by atoms with Gasteiger partial charge in [-0.25, -0.2) is 8.42 Å². The van der Waals surface area contributed by atoms with Crippen LogP contribution in [0.3, 0.4) is 0 Å². The molecule has 0 radical (unpaired) electrons. The van der Waals surface area contributed by atoms with Gasteiger partial charge in [-0.3, -0.25) is 10.1 Å². The molecule has 7 heteroatoms. The van der Waals surface area contributed by atoms with Crippen LogP contribution in [0.2, 0.25) is 0 Å². The summed E-state index contributed by atoms with van der Waals surface area (Å²) in [6.07, 6.45) is 2.59. The van der Waals surface area contributed by atoms with Crippen LogP contribution in [0.5, 0.6) is 0 Å². The highest BCUT2D eigenvalue weighted by molar-refractivity contribution is 7.90. The van der Waals surface area contributed by atoms with Crippen LogP contribution >= 0.6 is 0 Å². The van der Waals surface area contributed by atoms with Crippen LogP contribution in [0.1, 0.15) is 18.9 Å². The van der Waals surface area contributed by atoms with Gasteiger partial charge in [-0.05, 0) is 30.5 Å². The number of nitrogens with zero attached hydrogens (tertiary/aromatic N) is 1. The molecule has 24 heavy (non-hydrogen) atoms. The average Bonchev–Trinajstić information content (AvgIpc) is 2.54. The summed E-state index contributed by atoms with van der Waals surface area (Å²) < 4.78 is 23.6. The maximum absolute atomic E-state index is 11.8. The van der Waals surface area contributed by atoms with E-state index in [2.05, 4.69) is 5.32 Å². The van der Waals surface area contributed by atoms with Crippen LogP contribution in [0.4, 0.5) is 11.4 Å². The third kappa shape index (κ3) is 4.55. The molecule has 1 unspecified atom stereocenters. The van der Waals surface area contributed by atoms with Gasteiger partial charge in [0.1, 0.15) is 4.90 Å². The first kappa shape index (κ1) is 17.9. The van der Waals surface area contributed by atoms with Crippen LogP contribution in [0, 0.1) is 10.1 Å². The van der Waals surface area contributed by atoms with Crippen molar-refractivity contribution in [2.45, 2.75) is 30.7 Å². The van der Waals surface area contributed by atoms with Crippen molar-refractivity contribution in [2.75, 3.05) is 11.6 Å². The maximum atomic E-state index is 11.8. The monoisotopic (exact) mass is 348 g/mol. The van der Waals surface area contributed by atoms with Gasteiger partial charge >= 0.3 is 0 Å². The molecule has 1 atom stereocenters. The van der Waals surface area contributed by atoms with E-state index < -0.39 is 20.4 Å². The highest BCUT2D eigenvalue weighted by Crippen LogP contribution is 2.27. The highest BCUT2D eigenvalue weighted by atomic mass is 32.2. The Hall–Kier alpha value is -2.41. The highest BCUT2D eigenvalue weighted by Gasteiger charge is 2.23. The number of sulfone groups is 1. The summed E-state index contributed by atoms with van der Waals surface area (Å²) in [6, 6.07) is 14.2. The molecule has 1 N–H and O–H groups in total. The zero-order valence-electron chi connectivity index (χ0n) is 13.6. The Kier molecular flexibility index (Phi) is 5.56. The van der Waals surface area contributed by atoms with Crippen LogP contribution in [0.15, 0.2) is 53.4 Å². The fraction of sp³-hybridized carbons (Fsp3) is 0.294. The number of nitro groups is 1. The van der Waals surface area contributed by atoms with Crippen molar-refractivity contribution in [2.24, 2.45) is 0 Å². The van der Waals surface area contributed by atoms with E-state index in [1.54, 1.807) is 6.07 Å². The molecule has 0 heterocycles. The number of benzene rings is 2. The minimum atomic E-state index is -3.68. The minimum Gasteiger partial charge on any atom is -0.382 e. The lowest BCUT2D eigenvalue weighted by molar-refractivity contribution is -0.387. The second-order valence-corrected chi connectivity index (χ2v) is 7.64. The van der Waals surface area contributed by atoms with Gasteiger partial charge in [0.2, 0.25) is 0 Å². The van der Waals surface area contributed by atoms with E-state index in [1.165, 1.54) is 17.7 Å². The summed E-state index contributed by atoms with van der Waals surface area (Å²) in [5.41, 5.74) is 1.32. The molecule has 0 saturated heterocycles. The van der Waals surface area contributed by atoms with E-state index in [0.717, 1.165) is 19.1 Å². The van der Waals surface area contributed by atoms with E-state index in [1.807, 2.05) is 37.3 Å². The average molecular weight is 348 g/mol. The fourth-order valence-electron chi connectivity index (χ4n) is 2.48. The zero-order valence-corrected chi connectivity index (χ0v) is 14.4. The van der Waals surface area contributed by atoms with Crippen LogP contribution in [-0.2, 0) is 16.3 Å². The first-order chi connectivity index (χ1) is 11.3. The molecule has 0 aliphatic carbocycles. The summed E-state index contributed by atoms with van der Waals surface area (Å²) in [4.78, 5) is 10.1. The Balaban J connectivity index is 2.27. The van der Waals surface area contributed by atoms with Gasteiger partial charge in [0.25, 0.3) is 5.69 Å². The number of hydrogen-bond acceptors (Lipinski definition) is 5. The normalized spacial score (nSPS) is 12.6. The lowest BCUT2D eigenvalue weighted by atomic mass is 10.0. The van der Waals surface area contributed by atoms with Crippen LogP contribution in [-0.4, -0.2) is 25.6 Å². The van der Waals surface area contributed by atoms with Crippen molar-refractivity contribution in [3.63, 3.8) is 0 Å². The Bertz CT molecular complexity index is 820. The molecule has 2 rings (SSSR count). The predicted molar refractivity (Wildman–Crippen MR) is 94.1 cm³/mol. The molecule has 0 aliphatic heterocycles. The fourth-order valence-corrected chi connectivity index (χ4v) is 3.35. The molecule has 2 aromatic rings. The predicted octanol–water partition coefficient (Wildman–Crippen LogP) is 3.43. The number of nitrogens with one attached hydrogen (secondary N) is 1. The van der Waals surface area contributed by atoms with Gasteiger partial charge in [-0.1, -0.05) is 37.3 Å². The molecular formula is C17H20N2O4S. The number of rotatable bonds is 7. The maximum Gasteiger partial charge on any atom is 0.288 e. The van der Waals surface area contributed by atoms with E-state index in [-0.39, 0.29) is 10.9 Å². The molecule has 2 aromatic carbocycles. The van der Waals surface area contributed by atoms with Gasteiger partial charge in [0.05, 0.1) is 4.92 Å². The smallest absolute Gasteiger partial charge is 0.288 e. The van der Waals surface area contributed by atoms with E-state index in [9.17, 15) is 18.5 Å². The Morgan fingerprint density at radius 1 is 1.17 bits per heavy atom. The Morgan fingerprint density at radius 2 is 1.83 bits per heavy atom. The molecule has 0 bridgehead atoms. The molecule has 0 aromatic heterocycles. The molecule has 0 aliphatic rings. The van der Waals surface area contributed by atoms with Gasteiger partial charge in [0.15, 0.2) is 9.84 Å². The number of hydrogen-bond donors (Lipinski definition) is 1. The summed E-state index contributed by atoms with van der Waals surface area (Å²) in [6.45, 7) is 2.03. The second-order valence-electron chi connectivity index (χ2n) is 5.65. The van der Waals surface area contributed by atoms with Crippen LogP contribution in [0.25, 0.3) is 0 Å².